The van der Waals surface area contributed by atoms with E-state index in [1.54, 1.807) is 12.1 Å². The number of rotatable bonds is 6. The highest BCUT2D eigenvalue weighted by molar-refractivity contribution is 6.39. The highest BCUT2D eigenvalue weighted by Gasteiger charge is 2.18. The Morgan fingerprint density at radius 2 is 1.71 bits per heavy atom. The van der Waals surface area contributed by atoms with Crippen LogP contribution in [0.2, 0.25) is 10.0 Å². The van der Waals surface area contributed by atoms with E-state index in [1.165, 1.54) is 0 Å². The molecule has 1 rings (SSSR count). The molecule has 1 aromatic rings. The van der Waals surface area contributed by atoms with Gasteiger partial charge in [0.15, 0.2) is 0 Å². The fourth-order valence-electron chi connectivity index (χ4n) is 1.95. The van der Waals surface area contributed by atoms with Crippen molar-refractivity contribution in [2.45, 2.75) is 52.7 Å². The minimum Gasteiger partial charge on any atom is -0.394 e. The summed E-state index contributed by atoms with van der Waals surface area (Å²) >= 11 is 12.5. The summed E-state index contributed by atoms with van der Waals surface area (Å²) in [6.07, 6.45) is 0.990. The number of aliphatic hydroxyl groups excluding tert-OH is 2. The highest BCUT2D eigenvalue weighted by atomic mass is 35.5. The van der Waals surface area contributed by atoms with Crippen molar-refractivity contribution in [2.24, 2.45) is 5.41 Å². The zero-order chi connectivity index (χ0) is 16.2. The summed E-state index contributed by atoms with van der Waals surface area (Å²) in [5, 5.41) is 23.3. The Balaban J connectivity index is 2.87. The second kappa shape index (κ2) is 7.68. The maximum Gasteiger partial charge on any atom is 0.0791 e. The molecule has 3 N–H and O–H groups in total. The molecule has 0 saturated heterocycles. The van der Waals surface area contributed by atoms with E-state index in [2.05, 4.69) is 26.1 Å². The molecule has 1 aromatic carbocycles. The lowest BCUT2D eigenvalue weighted by Crippen LogP contribution is -2.19. The van der Waals surface area contributed by atoms with Gasteiger partial charge in [-0.25, -0.2) is 0 Å². The van der Waals surface area contributed by atoms with E-state index in [0.717, 1.165) is 12.0 Å². The minimum atomic E-state index is -0.580. The molecular formula is C16H25Cl2NO2. The average Bonchev–Trinajstić information content (AvgIpc) is 2.38. The van der Waals surface area contributed by atoms with Crippen molar-refractivity contribution in [1.29, 1.82) is 0 Å². The van der Waals surface area contributed by atoms with Crippen LogP contribution in [0.25, 0.3) is 0 Å². The first-order valence-corrected chi connectivity index (χ1v) is 7.94. The molecule has 0 bridgehead atoms. The standard InChI is InChI=1S/C16H25Cl2NO2/c1-10(9-20)19-15-12(17)7-11(8-13(15)18)14(21)5-6-16(2,3)4/h7-8,10,14,19-21H,5-6,9H2,1-4H3. The van der Waals surface area contributed by atoms with Gasteiger partial charge < -0.3 is 15.5 Å². The second-order valence-corrected chi connectivity index (χ2v) is 7.52. The Morgan fingerprint density at radius 1 is 1.19 bits per heavy atom. The van der Waals surface area contributed by atoms with Gasteiger partial charge in [-0.3, -0.25) is 0 Å². The second-order valence-electron chi connectivity index (χ2n) is 6.70. The topological polar surface area (TPSA) is 52.5 Å². The summed E-state index contributed by atoms with van der Waals surface area (Å²) in [5.74, 6) is 0. The Bertz CT molecular complexity index is 449. The molecule has 0 amide bonds. The van der Waals surface area contributed by atoms with Crippen LogP contribution in [0.3, 0.4) is 0 Å². The Kier molecular flexibility index (Phi) is 6.79. The molecule has 0 radical (unpaired) electrons. The van der Waals surface area contributed by atoms with E-state index >= 15 is 0 Å². The van der Waals surface area contributed by atoms with Gasteiger partial charge in [0, 0.05) is 6.04 Å². The Morgan fingerprint density at radius 3 is 2.14 bits per heavy atom. The molecule has 0 aliphatic heterocycles. The maximum atomic E-state index is 10.3. The molecule has 21 heavy (non-hydrogen) atoms. The van der Waals surface area contributed by atoms with Crippen LogP contribution in [0.4, 0.5) is 5.69 Å². The van der Waals surface area contributed by atoms with E-state index < -0.39 is 6.10 Å². The third-order valence-electron chi connectivity index (χ3n) is 3.28. The average molecular weight is 334 g/mol. The SMILES string of the molecule is CC(CO)Nc1c(Cl)cc(C(O)CCC(C)(C)C)cc1Cl. The van der Waals surface area contributed by atoms with Crippen molar-refractivity contribution in [3.63, 3.8) is 0 Å². The molecule has 0 aromatic heterocycles. The summed E-state index contributed by atoms with van der Waals surface area (Å²) in [4.78, 5) is 0. The van der Waals surface area contributed by atoms with E-state index in [-0.39, 0.29) is 18.1 Å². The third kappa shape index (κ3) is 6.03. The molecule has 0 aliphatic rings. The van der Waals surface area contributed by atoms with Crippen LogP contribution in [0.1, 0.15) is 52.2 Å². The minimum absolute atomic E-state index is 0.0113. The normalized spacial score (nSPS) is 14.9. The molecule has 0 heterocycles. The van der Waals surface area contributed by atoms with E-state index in [4.69, 9.17) is 28.3 Å². The monoisotopic (exact) mass is 333 g/mol. The van der Waals surface area contributed by atoms with Gasteiger partial charge in [0.25, 0.3) is 0 Å². The van der Waals surface area contributed by atoms with Gasteiger partial charge in [-0.05, 0) is 42.9 Å². The lowest BCUT2D eigenvalue weighted by molar-refractivity contribution is 0.147. The zero-order valence-electron chi connectivity index (χ0n) is 13.1. The van der Waals surface area contributed by atoms with Crippen molar-refractivity contribution >= 4 is 28.9 Å². The van der Waals surface area contributed by atoms with Crippen molar-refractivity contribution < 1.29 is 10.2 Å². The molecule has 120 valence electrons. The van der Waals surface area contributed by atoms with Crippen LogP contribution >= 0.6 is 23.2 Å². The van der Waals surface area contributed by atoms with Crippen molar-refractivity contribution in [2.75, 3.05) is 11.9 Å². The molecule has 3 nitrogen and oxygen atoms in total. The smallest absolute Gasteiger partial charge is 0.0791 e. The summed E-state index contributed by atoms with van der Waals surface area (Å²) < 4.78 is 0. The summed E-state index contributed by atoms with van der Waals surface area (Å²) in [5.41, 5.74) is 1.48. The molecular weight excluding hydrogens is 309 g/mol. The lowest BCUT2D eigenvalue weighted by atomic mass is 9.88. The number of benzene rings is 1. The van der Waals surface area contributed by atoms with E-state index in [9.17, 15) is 5.11 Å². The van der Waals surface area contributed by atoms with Crippen molar-refractivity contribution in [3.8, 4) is 0 Å². The summed E-state index contributed by atoms with van der Waals surface area (Å²) in [6.45, 7) is 8.25. The van der Waals surface area contributed by atoms with Crippen LogP contribution in [0.15, 0.2) is 12.1 Å². The van der Waals surface area contributed by atoms with Crippen LogP contribution < -0.4 is 5.32 Å². The summed E-state index contributed by atoms with van der Waals surface area (Å²) in [6, 6.07) is 3.32. The van der Waals surface area contributed by atoms with Gasteiger partial charge in [-0.2, -0.15) is 0 Å². The Labute approximate surface area is 137 Å². The number of anilines is 1. The molecule has 0 aliphatic carbocycles. The molecule has 5 heteroatoms. The van der Waals surface area contributed by atoms with E-state index in [1.807, 2.05) is 6.92 Å². The quantitative estimate of drug-likeness (QED) is 0.710. The Hall–Kier alpha value is -0.480. The van der Waals surface area contributed by atoms with Crippen molar-refractivity contribution in [3.05, 3.63) is 27.7 Å². The maximum absolute atomic E-state index is 10.3. The van der Waals surface area contributed by atoms with Crippen LogP contribution in [0, 0.1) is 5.41 Å². The van der Waals surface area contributed by atoms with Crippen LogP contribution in [-0.2, 0) is 0 Å². The number of aliphatic hydroxyl groups is 2. The fourth-order valence-corrected chi connectivity index (χ4v) is 2.56. The lowest BCUT2D eigenvalue weighted by Gasteiger charge is -2.22. The third-order valence-corrected chi connectivity index (χ3v) is 3.88. The van der Waals surface area contributed by atoms with Crippen molar-refractivity contribution in [1.82, 2.24) is 0 Å². The summed E-state index contributed by atoms with van der Waals surface area (Å²) in [7, 11) is 0. The number of hydrogen-bond acceptors (Lipinski definition) is 3. The van der Waals surface area contributed by atoms with Gasteiger partial charge in [0.2, 0.25) is 0 Å². The number of halogens is 2. The molecule has 2 atom stereocenters. The van der Waals surface area contributed by atoms with Gasteiger partial charge >= 0.3 is 0 Å². The zero-order valence-corrected chi connectivity index (χ0v) is 14.6. The highest BCUT2D eigenvalue weighted by Crippen LogP contribution is 2.36. The van der Waals surface area contributed by atoms with E-state index in [0.29, 0.717) is 22.2 Å². The largest absolute Gasteiger partial charge is 0.394 e. The number of nitrogens with one attached hydrogen (secondary N) is 1. The van der Waals surface area contributed by atoms with Crippen LogP contribution in [0.5, 0.6) is 0 Å². The molecule has 0 fully saturated rings. The van der Waals surface area contributed by atoms with Gasteiger partial charge in [0.1, 0.15) is 0 Å². The van der Waals surface area contributed by atoms with Gasteiger partial charge in [-0.15, -0.1) is 0 Å². The first kappa shape index (κ1) is 18.6. The molecule has 0 saturated carbocycles. The predicted octanol–water partition coefficient (Wildman–Crippen LogP) is 4.65. The van der Waals surface area contributed by atoms with Gasteiger partial charge in [0.05, 0.1) is 28.4 Å². The van der Waals surface area contributed by atoms with Gasteiger partial charge in [-0.1, -0.05) is 44.0 Å². The number of hydrogen-bond donors (Lipinski definition) is 3. The fraction of sp³-hybridized carbons (Fsp3) is 0.625. The van der Waals surface area contributed by atoms with Crippen LogP contribution in [-0.4, -0.2) is 22.9 Å². The molecule has 2 unspecified atom stereocenters. The molecule has 0 spiro atoms. The first-order valence-electron chi connectivity index (χ1n) is 7.18. The predicted molar refractivity (Wildman–Crippen MR) is 90.3 cm³/mol. The first-order chi connectivity index (χ1) is 9.64.